The molecule has 154 valence electrons. The van der Waals surface area contributed by atoms with Gasteiger partial charge in [0.15, 0.2) is 16.7 Å². The minimum atomic E-state index is -0.501. The van der Waals surface area contributed by atoms with E-state index in [-0.39, 0.29) is 23.3 Å². The molecule has 0 saturated heterocycles. The maximum atomic E-state index is 12.8. The third kappa shape index (κ3) is 3.66. The van der Waals surface area contributed by atoms with E-state index in [4.69, 9.17) is 9.15 Å². The average Bonchev–Trinajstić information content (AvgIpc) is 3.31. The van der Waals surface area contributed by atoms with E-state index in [0.29, 0.717) is 40.3 Å². The standard InChI is InChI=1S/C22H20N2O5S/c1-3-28-21(27)19-17(13-8-5-4-6-9-13)23-22(30-19)24-20(26)18-12(2)16-14(25)10-7-11-15(16)29-18/h4-6,8-9H,3,7,10-11H2,1-2H3,(H,23,24,26). The van der Waals surface area contributed by atoms with Gasteiger partial charge in [0.2, 0.25) is 0 Å². The summed E-state index contributed by atoms with van der Waals surface area (Å²) < 4.78 is 10.8. The van der Waals surface area contributed by atoms with Crippen LogP contribution in [0.3, 0.4) is 0 Å². The van der Waals surface area contributed by atoms with E-state index in [9.17, 15) is 14.4 Å². The number of amides is 1. The molecule has 1 aromatic carbocycles. The first-order valence-electron chi connectivity index (χ1n) is 9.69. The van der Waals surface area contributed by atoms with Crippen molar-refractivity contribution in [2.75, 3.05) is 11.9 Å². The maximum absolute atomic E-state index is 12.8. The van der Waals surface area contributed by atoms with Crippen molar-refractivity contribution in [1.29, 1.82) is 0 Å². The summed E-state index contributed by atoms with van der Waals surface area (Å²) in [5, 5.41) is 2.96. The fraction of sp³-hybridized carbons (Fsp3) is 0.273. The summed E-state index contributed by atoms with van der Waals surface area (Å²) in [6.07, 6.45) is 1.82. The van der Waals surface area contributed by atoms with E-state index >= 15 is 0 Å². The van der Waals surface area contributed by atoms with Crippen LogP contribution >= 0.6 is 11.3 Å². The Morgan fingerprint density at radius 1 is 1.23 bits per heavy atom. The minimum Gasteiger partial charge on any atom is -0.462 e. The number of thiazole rings is 1. The molecular formula is C22H20N2O5S. The largest absolute Gasteiger partial charge is 0.462 e. The van der Waals surface area contributed by atoms with Crippen molar-refractivity contribution in [2.24, 2.45) is 0 Å². The minimum absolute atomic E-state index is 0.00163. The fourth-order valence-electron chi connectivity index (χ4n) is 3.52. The summed E-state index contributed by atoms with van der Waals surface area (Å²) in [6, 6.07) is 9.22. The number of aromatic nitrogens is 1. The zero-order valence-corrected chi connectivity index (χ0v) is 17.4. The molecule has 1 amide bonds. The van der Waals surface area contributed by atoms with Gasteiger partial charge in [0.05, 0.1) is 17.9 Å². The number of Topliss-reactive ketones (excluding diaryl/α,β-unsaturated/α-hetero) is 1. The molecular weight excluding hydrogens is 404 g/mol. The number of fused-ring (bicyclic) bond motifs is 1. The Morgan fingerprint density at radius 3 is 2.70 bits per heavy atom. The molecule has 30 heavy (non-hydrogen) atoms. The summed E-state index contributed by atoms with van der Waals surface area (Å²) in [5.74, 6) is -0.334. The number of rotatable bonds is 5. The number of anilines is 1. The summed E-state index contributed by atoms with van der Waals surface area (Å²) >= 11 is 1.04. The second kappa shape index (κ2) is 8.23. The fourth-order valence-corrected chi connectivity index (χ4v) is 4.40. The highest BCUT2D eigenvalue weighted by molar-refractivity contribution is 7.18. The lowest BCUT2D eigenvalue weighted by atomic mass is 9.94. The van der Waals surface area contributed by atoms with Crippen LogP contribution in [0, 0.1) is 6.92 Å². The average molecular weight is 424 g/mol. The molecule has 0 bridgehead atoms. The van der Waals surface area contributed by atoms with E-state index in [1.54, 1.807) is 13.8 Å². The molecule has 1 aliphatic carbocycles. The van der Waals surface area contributed by atoms with E-state index in [2.05, 4.69) is 10.3 Å². The normalized spacial score (nSPS) is 13.1. The van der Waals surface area contributed by atoms with Crippen molar-refractivity contribution in [2.45, 2.75) is 33.1 Å². The highest BCUT2D eigenvalue weighted by Gasteiger charge is 2.29. The highest BCUT2D eigenvalue weighted by atomic mass is 32.1. The van der Waals surface area contributed by atoms with Gasteiger partial charge in [-0.25, -0.2) is 9.78 Å². The lowest BCUT2D eigenvalue weighted by molar-refractivity contribution is 0.0532. The zero-order valence-electron chi connectivity index (χ0n) is 16.6. The number of furan rings is 1. The van der Waals surface area contributed by atoms with Crippen molar-refractivity contribution in [3.8, 4) is 11.3 Å². The molecule has 0 radical (unpaired) electrons. The van der Waals surface area contributed by atoms with Gasteiger partial charge >= 0.3 is 5.97 Å². The first kappa shape index (κ1) is 20.0. The Morgan fingerprint density at radius 2 is 2.00 bits per heavy atom. The Hall–Kier alpha value is -3.26. The van der Waals surface area contributed by atoms with Crippen LogP contribution in [0.25, 0.3) is 11.3 Å². The lowest BCUT2D eigenvalue weighted by Crippen LogP contribution is -2.13. The molecule has 0 aliphatic heterocycles. The quantitative estimate of drug-likeness (QED) is 0.598. The van der Waals surface area contributed by atoms with Crippen molar-refractivity contribution >= 4 is 34.1 Å². The number of aryl methyl sites for hydroxylation is 1. The zero-order chi connectivity index (χ0) is 21.3. The molecule has 7 nitrogen and oxygen atoms in total. The highest BCUT2D eigenvalue weighted by Crippen LogP contribution is 2.33. The molecule has 1 N–H and O–H groups in total. The number of nitrogens with zero attached hydrogens (tertiary/aromatic N) is 1. The number of carbonyl (C=O) groups is 3. The molecule has 0 spiro atoms. The molecule has 8 heteroatoms. The summed E-state index contributed by atoms with van der Waals surface area (Å²) in [5.41, 5.74) is 2.24. The van der Waals surface area contributed by atoms with Crippen molar-refractivity contribution < 1.29 is 23.5 Å². The van der Waals surface area contributed by atoms with Gasteiger partial charge in [-0.05, 0) is 20.3 Å². The Kier molecular flexibility index (Phi) is 5.50. The van der Waals surface area contributed by atoms with Gasteiger partial charge in [0.1, 0.15) is 10.6 Å². The van der Waals surface area contributed by atoms with Crippen molar-refractivity contribution in [3.63, 3.8) is 0 Å². The van der Waals surface area contributed by atoms with Gasteiger partial charge in [-0.1, -0.05) is 41.7 Å². The third-order valence-corrected chi connectivity index (χ3v) is 5.82. The first-order chi connectivity index (χ1) is 14.5. The van der Waals surface area contributed by atoms with Crippen LogP contribution < -0.4 is 5.32 Å². The molecule has 2 heterocycles. The number of benzene rings is 1. The predicted molar refractivity (Wildman–Crippen MR) is 112 cm³/mol. The van der Waals surface area contributed by atoms with Crippen molar-refractivity contribution in [1.82, 2.24) is 4.98 Å². The van der Waals surface area contributed by atoms with E-state index < -0.39 is 11.9 Å². The van der Waals surface area contributed by atoms with Gasteiger partial charge in [0, 0.05) is 24.0 Å². The molecule has 0 unspecified atom stereocenters. The molecule has 1 aliphatic rings. The predicted octanol–water partition coefficient (Wildman–Crippen LogP) is 4.66. The van der Waals surface area contributed by atoms with Crippen LogP contribution in [0.4, 0.5) is 5.13 Å². The Bertz CT molecular complexity index is 1130. The summed E-state index contributed by atoms with van der Waals surface area (Å²) in [4.78, 5) is 42.2. The van der Waals surface area contributed by atoms with Gasteiger partial charge in [0.25, 0.3) is 5.91 Å². The van der Waals surface area contributed by atoms with E-state index in [1.165, 1.54) is 0 Å². The molecule has 0 fully saturated rings. The second-order valence-electron chi connectivity index (χ2n) is 6.87. The molecule has 2 aromatic heterocycles. The second-order valence-corrected chi connectivity index (χ2v) is 7.87. The smallest absolute Gasteiger partial charge is 0.350 e. The van der Waals surface area contributed by atoms with Crippen molar-refractivity contribution in [3.05, 3.63) is 57.9 Å². The lowest BCUT2D eigenvalue weighted by Gasteiger charge is -2.07. The van der Waals surface area contributed by atoms with Crippen LogP contribution in [0.2, 0.25) is 0 Å². The number of nitrogens with one attached hydrogen (secondary N) is 1. The SMILES string of the molecule is CCOC(=O)c1sc(NC(=O)c2oc3c(c2C)C(=O)CCC3)nc1-c1ccccc1. The Balaban J connectivity index is 1.66. The van der Waals surface area contributed by atoms with Gasteiger partial charge < -0.3 is 9.15 Å². The van der Waals surface area contributed by atoms with Crippen LogP contribution in [-0.2, 0) is 11.2 Å². The number of esters is 1. The molecule has 0 saturated carbocycles. The molecule has 4 rings (SSSR count). The third-order valence-electron chi connectivity index (χ3n) is 4.87. The molecule has 3 aromatic rings. The van der Waals surface area contributed by atoms with Gasteiger partial charge in [-0.2, -0.15) is 0 Å². The van der Waals surface area contributed by atoms with Crippen LogP contribution in [0.1, 0.15) is 61.7 Å². The summed E-state index contributed by atoms with van der Waals surface area (Å²) in [6.45, 7) is 3.67. The molecule has 0 atom stereocenters. The number of carbonyl (C=O) groups excluding carboxylic acids is 3. The van der Waals surface area contributed by atoms with Gasteiger partial charge in [-0.3, -0.25) is 14.9 Å². The number of ether oxygens (including phenoxy) is 1. The van der Waals surface area contributed by atoms with E-state index in [0.717, 1.165) is 23.3 Å². The van der Waals surface area contributed by atoms with Crippen LogP contribution in [-0.4, -0.2) is 29.3 Å². The summed E-state index contributed by atoms with van der Waals surface area (Å²) in [7, 11) is 0. The van der Waals surface area contributed by atoms with E-state index in [1.807, 2.05) is 30.3 Å². The first-order valence-corrected chi connectivity index (χ1v) is 10.5. The Labute approximate surface area is 177 Å². The van der Waals surface area contributed by atoms with Gasteiger partial charge in [-0.15, -0.1) is 0 Å². The number of hydrogen-bond donors (Lipinski definition) is 1. The van der Waals surface area contributed by atoms with Crippen LogP contribution in [0.5, 0.6) is 0 Å². The number of hydrogen-bond acceptors (Lipinski definition) is 7. The number of ketones is 1. The monoisotopic (exact) mass is 424 g/mol. The topological polar surface area (TPSA) is 98.5 Å². The van der Waals surface area contributed by atoms with Crippen LogP contribution in [0.15, 0.2) is 34.7 Å². The maximum Gasteiger partial charge on any atom is 0.350 e.